The van der Waals surface area contributed by atoms with Crippen LogP contribution in [0.1, 0.15) is 12.5 Å². The third kappa shape index (κ3) is 3.21. The van der Waals surface area contributed by atoms with Gasteiger partial charge in [-0.05, 0) is 37.3 Å². The summed E-state index contributed by atoms with van der Waals surface area (Å²) in [6.07, 6.45) is -0.710. The first kappa shape index (κ1) is 16.7. The van der Waals surface area contributed by atoms with Gasteiger partial charge in [0.1, 0.15) is 11.8 Å². The van der Waals surface area contributed by atoms with Crippen molar-refractivity contribution in [1.82, 2.24) is 4.98 Å². The van der Waals surface area contributed by atoms with Crippen LogP contribution in [-0.4, -0.2) is 17.0 Å². The summed E-state index contributed by atoms with van der Waals surface area (Å²) in [6.45, 7) is 1.68. The van der Waals surface area contributed by atoms with Crippen LogP contribution in [0.4, 0.5) is 5.69 Å². The fourth-order valence-corrected chi connectivity index (χ4v) is 3.09. The molecular weight excluding hydrogens is 338 g/mol. The van der Waals surface area contributed by atoms with E-state index in [2.05, 4.69) is 22.4 Å². The van der Waals surface area contributed by atoms with E-state index in [1.54, 1.807) is 31.2 Å². The van der Waals surface area contributed by atoms with Crippen molar-refractivity contribution in [3.8, 4) is 11.8 Å². The number of aromatic nitrogens is 1. The fourth-order valence-electron chi connectivity index (χ4n) is 3.09. The Kier molecular flexibility index (Phi) is 4.23. The summed E-state index contributed by atoms with van der Waals surface area (Å²) in [4.78, 5) is 15.8. The maximum Gasteiger partial charge on any atom is 0.265 e. The molecule has 0 bridgehead atoms. The molecule has 4 aromatic rings. The van der Waals surface area contributed by atoms with E-state index in [4.69, 9.17) is 10.00 Å². The monoisotopic (exact) mass is 355 g/mol. The van der Waals surface area contributed by atoms with Crippen molar-refractivity contribution in [1.29, 1.82) is 5.26 Å². The average Bonchev–Trinajstić information content (AvgIpc) is 3.06. The molecule has 0 aliphatic carbocycles. The van der Waals surface area contributed by atoms with Crippen LogP contribution in [0.2, 0.25) is 0 Å². The minimum atomic E-state index is -0.710. The summed E-state index contributed by atoms with van der Waals surface area (Å²) in [6, 6.07) is 22.8. The number of nitrogens with zero attached hydrogens (tertiary/aromatic N) is 1. The number of para-hydroxylation sites is 2. The first-order chi connectivity index (χ1) is 13.2. The summed E-state index contributed by atoms with van der Waals surface area (Å²) in [5.41, 5.74) is 2.91. The lowest BCUT2D eigenvalue weighted by atomic mass is 10.1. The van der Waals surface area contributed by atoms with Gasteiger partial charge in [-0.1, -0.05) is 30.3 Å². The molecule has 2 N–H and O–H groups in total. The van der Waals surface area contributed by atoms with Gasteiger partial charge >= 0.3 is 0 Å². The van der Waals surface area contributed by atoms with E-state index in [1.165, 1.54) is 0 Å². The Labute approximate surface area is 156 Å². The van der Waals surface area contributed by atoms with Crippen LogP contribution in [0.5, 0.6) is 5.75 Å². The summed E-state index contributed by atoms with van der Waals surface area (Å²) >= 11 is 0. The second-order valence-electron chi connectivity index (χ2n) is 6.28. The normalized spacial score (nSPS) is 11.9. The minimum Gasteiger partial charge on any atom is -0.481 e. The standard InChI is InChI=1S/C22H17N3O2/c1-14(22(26)25-19-8-4-2-6-15(19)13-23)27-16-10-11-18-17-7-3-5-9-20(17)24-21(18)12-16/h2-12,14,24H,1H3,(H,25,26)/t14-/m0/s1. The Balaban J connectivity index is 1.53. The summed E-state index contributed by atoms with van der Waals surface area (Å²) < 4.78 is 5.81. The van der Waals surface area contributed by atoms with Gasteiger partial charge in [-0.2, -0.15) is 5.26 Å². The van der Waals surface area contributed by atoms with Crippen molar-refractivity contribution in [2.24, 2.45) is 0 Å². The van der Waals surface area contributed by atoms with Gasteiger partial charge in [0.15, 0.2) is 6.10 Å². The smallest absolute Gasteiger partial charge is 0.265 e. The van der Waals surface area contributed by atoms with Gasteiger partial charge in [-0.3, -0.25) is 4.79 Å². The van der Waals surface area contributed by atoms with Gasteiger partial charge in [0.25, 0.3) is 5.91 Å². The number of anilines is 1. The Morgan fingerprint density at radius 2 is 1.78 bits per heavy atom. The molecule has 1 atom stereocenters. The molecule has 0 radical (unpaired) electrons. The molecule has 5 heteroatoms. The number of rotatable bonds is 4. The number of aromatic amines is 1. The first-order valence-electron chi connectivity index (χ1n) is 8.63. The number of benzene rings is 3. The zero-order chi connectivity index (χ0) is 18.8. The number of hydrogen-bond donors (Lipinski definition) is 2. The lowest BCUT2D eigenvalue weighted by Crippen LogP contribution is -2.30. The summed E-state index contributed by atoms with van der Waals surface area (Å²) in [5.74, 6) is 0.291. The predicted octanol–water partition coefficient (Wildman–Crippen LogP) is 4.60. The van der Waals surface area contributed by atoms with E-state index < -0.39 is 6.10 Å². The van der Waals surface area contributed by atoms with Gasteiger partial charge in [-0.15, -0.1) is 0 Å². The van der Waals surface area contributed by atoms with E-state index in [9.17, 15) is 4.79 Å². The lowest BCUT2D eigenvalue weighted by Gasteiger charge is -2.15. The highest BCUT2D eigenvalue weighted by molar-refractivity contribution is 6.07. The SMILES string of the molecule is C[C@H](Oc1ccc2c(c1)[nH]c1ccccc12)C(=O)Nc1ccccc1C#N. The number of H-pyrrole nitrogens is 1. The Bertz CT molecular complexity index is 1190. The molecule has 5 nitrogen and oxygen atoms in total. The zero-order valence-corrected chi connectivity index (χ0v) is 14.7. The van der Waals surface area contributed by atoms with Crippen LogP contribution in [0.15, 0.2) is 66.7 Å². The molecule has 0 saturated carbocycles. The average molecular weight is 355 g/mol. The van der Waals surface area contributed by atoms with Crippen molar-refractivity contribution in [3.63, 3.8) is 0 Å². The number of fused-ring (bicyclic) bond motifs is 3. The number of carbonyl (C=O) groups excluding carboxylic acids is 1. The molecule has 0 unspecified atom stereocenters. The summed E-state index contributed by atoms with van der Waals surface area (Å²) in [7, 11) is 0. The van der Waals surface area contributed by atoms with Crippen LogP contribution in [0.3, 0.4) is 0 Å². The quantitative estimate of drug-likeness (QED) is 0.562. The van der Waals surface area contributed by atoms with Gasteiger partial charge in [0, 0.05) is 22.4 Å². The minimum absolute atomic E-state index is 0.311. The third-order valence-electron chi connectivity index (χ3n) is 4.47. The van der Waals surface area contributed by atoms with Gasteiger partial charge in [0.05, 0.1) is 16.8 Å². The van der Waals surface area contributed by atoms with Crippen molar-refractivity contribution < 1.29 is 9.53 Å². The van der Waals surface area contributed by atoms with E-state index in [1.807, 2.05) is 36.4 Å². The Morgan fingerprint density at radius 1 is 1.04 bits per heavy atom. The van der Waals surface area contributed by atoms with Crippen LogP contribution in [0.25, 0.3) is 21.8 Å². The molecule has 132 valence electrons. The number of hydrogen-bond acceptors (Lipinski definition) is 3. The second-order valence-corrected chi connectivity index (χ2v) is 6.28. The number of ether oxygens (including phenoxy) is 1. The van der Waals surface area contributed by atoms with Crippen molar-refractivity contribution in [2.75, 3.05) is 5.32 Å². The van der Waals surface area contributed by atoms with Gasteiger partial charge in [0.2, 0.25) is 0 Å². The molecule has 0 spiro atoms. The summed E-state index contributed by atoms with van der Waals surface area (Å²) in [5, 5.41) is 14.1. The van der Waals surface area contributed by atoms with E-state index in [0.29, 0.717) is 17.0 Å². The second kappa shape index (κ2) is 6.85. The van der Waals surface area contributed by atoms with Gasteiger partial charge in [-0.25, -0.2) is 0 Å². The van der Waals surface area contributed by atoms with Crippen LogP contribution >= 0.6 is 0 Å². The van der Waals surface area contributed by atoms with Crippen molar-refractivity contribution in [3.05, 3.63) is 72.3 Å². The van der Waals surface area contributed by atoms with E-state index >= 15 is 0 Å². The third-order valence-corrected chi connectivity index (χ3v) is 4.47. The molecule has 4 rings (SSSR count). The number of nitrogens with one attached hydrogen (secondary N) is 2. The Hall–Kier alpha value is -3.78. The highest BCUT2D eigenvalue weighted by atomic mass is 16.5. The highest BCUT2D eigenvalue weighted by Gasteiger charge is 2.17. The number of amides is 1. The topological polar surface area (TPSA) is 77.9 Å². The molecule has 1 amide bonds. The van der Waals surface area contributed by atoms with Crippen LogP contribution < -0.4 is 10.1 Å². The maximum absolute atomic E-state index is 12.4. The lowest BCUT2D eigenvalue weighted by molar-refractivity contribution is -0.122. The maximum atomic E-state index is 12.4. The van der Waals surface area contributed by atoms with E-state index in [-0.39, 0.29) is 5.91 Å². The van der Waals surface area contributed by atoms with E-state index in [0.717, 1.165) is 21.8 Å². The van der Waals surface area contributed by atoms with Crippen LogP contribution in [-0.2, 0) is 4.79 Å². The molecule has 1 heterocycles. The largest absolute Gasteiger partial charge is 0.481 e. The van der Waals surface area contributed by atoms with Gasteiger partial charge < -0.3 is 15.0 Å². The fraction of sp³-hybridized carbons (Fsp3) is 0.0909. The zero-order valence-electron chi connectivity index (χ0n) is 14.7. The first-order valence-corrected chi connectivity index (χ1v) is 8.63. The molecule has 27 heavy (non-hydrogen) atoms. The number of carbonyl (C=O) groups is 1. The highest BCUT2D eigenvalue weighted by Crippen LogP contribution is 2.28. The Morgan fingerprint density at radius 3 is 2.63 bits per heavy atom. The van der Waals surface area contributed by atoms with Crippen molar-refractivity contribution >= 4 is 33.4 Å². The molecule has 3 aromatic carbocycles. The van der Waals surface area contributed by atoms with Crippen LogP contribution in [0, 0.1) is 11.3 Å². The number of nitriles is 1. The molecule has 1 aromatic heterocycles. The molecule has 0 aliphatic rings. The predicted molar refractivity (Wildman–Crippen MR) is 106 cm³/mol. The molecule has 0 fully saturated rings. The molecular formula is C22H17N3O2. The van der Waals surface area contributed by atoms with Crippen molar-refractivity contribution in [2.45, 2.75) is 13.0 Å². The molecule has 0 aliphatic heterocycles. The molecule has 0 saturated heterocycles.